The molecule has 8 heavy (non-hydrogen) atoms. The molecule has 2 saturated heterocycles. The van der Waals surface area contributed by atoms with Crippen LogP contribution >= 0.6 is 0 Å². The normalized spacial score (nSPS) is 52.9. The second-order valence-electron chi connectivity index (χ2n) is 2.76. The molecule has 46 valence electrons. The van der Waals surface area contributed by atoms with Crippen LogP contribution in [0.2, 0.25) is 0 Å². The van der Waals surface area contributed by atoms with Crippen molar-refractivity contribution in [3.8, 4) is 0 Å². The van der Waals surface area contributed by atoms with Crippen molar-refractivity contribution in [1.82, 2.24) is 5.32 Å². The number of rotatable bonds is 0. The molecule has 0 amide bonds. The summed E-state index contributed by atoms with van der Waals surface area (Å²) in [5.41, 5.74) is 0. The van der Waals surface area contributed by atoms with E-state index in [-0.39, 0.29) is 0 Å². The predicted octanol–water partition coefficient (Wildman–Crippen LogP) is 0.136. The lowest BCUT2D eigenvalue weighted by Crippen LogP contribution is -2.36. The van der Waals surface area contributed by atoms with Crippen molar-refractivity contribution in [2.45, 2.75) is 31.6 Å². The van der Waals surface area contributed by atoms with Crippen molar-refractivity contribution in [2.24, 2.45) is 0 Å². The Morgan fingerprint density at radius 1 is 1.50 bits per heavy atom. The van der Waals surface area contributed by atoms with E-state index in [0.717, 1.165) is 6.54 Å². The highest BCUT2D eigenvalue weighted by molar-refractivity contribution is 4.93. The molecule has 2 aliphatic heterocycles. The van der Waals surface area contributed by atoms with Gasteiger partial charge in [0.1, 0.15) is 0 Å². The zero-order valence-corrected chi connectivity index (χ0v) is 5.05. The Bertz CT molecular complexity index is 105. The summed E-state index contributed by atoms with van der Waals surface area (Å²) in [6.45, 7) is 3.28. The van der Waals surface area contributed by atoms with Gasteiger partial charge in [0.15, 0.2) is 0 Å². The summed E-state index contributed by atoms with van der Waals surface area (Å²) < 4.78 is 5.29. The Balaban J connectivity index is 1.93. The van der Waals surface area contributed by atoms with Crippen molar-refractivity contribution in [2.75, 3.05) is 6.54 Å². The van der Waals surface area contributed by atoms with Gasteiger partial charge in [-0.25, -0.2) is 0 Å². The highest BCUT2D eigenvalue weighted by Gasteiger charge is 2.42. The summed E-state index contributed by atoms with van der Waals surface area (Å²) in [6, 6.07) is 0.679. The number of epoxide rings is 1. The molecule has 2 fully saturated rings. The van der Waals surface area contributed by atoms with Gasteiger partial charge in [0.25, 0.3) is 0 Å². The zero-order valence-electron chi connectivity index (χ0n) is 5.05. The number of ether oxygens (including phenoxy) is 1. The van der Waals surface area contributed by atoms with Gasteiger partial charge in [-0.05, 0) is 13.3 Å². The monoisotopic (exact) mass is 113 g/mol. The van der Waals surface area contributed by atoms with Crippen LogP contribution in [0, 0.1) is 0 Å². The number of piperidine rings is 1. The smallest absolute Gasteiger partial charge is 0.0966 e. The summed E-state index contributed by atoms with van der Waals surface area (Å²) in [6.07, 6.45) is 2.41. The van der Waals surface area contributed by atoms with E-state index in [4.69, 9.17) is 4.74 Å². The van der Waals surface area contributed by atoms with Crippen LogP contribution in [-0.4, -0.2) is 24.8 Å². The molecule has 2 rings (SSSR count). The first-order chi connectivity index (χ1) is 3.86. The summed E-state index contributed by atoms with van der Waals surface area (Å²) in [4.78, 5) is 0. The van der Waals surface area contributed by atoms with E-state index in [2.05, 4.69) is 12.2 Å². The largest absolute Gasteiger partial charge is 0.368 e. The lowest BCUT2D eigenvalue weighted by molar-refractivity contribution is 0.376. The highest BCUT2D eigenvalue weighted by Crippen LogP contribution is 2.29. The van der Waals surface area contributed by atoms with Gasteiger partial charge in [0.2, 0.25) is 0 Å². The fraction of sp³-hybridized carbons (Fsp3) is 1.00. The summed E-state index contributed by atoms with van der Waals surface area (Å²) in [5, 5.41) is 3.35. The number of hydrogen-bond acceptors (Lipinski definition) is 2. The maximum absolute atomic E-state index is 5.29. The third-order valence-electron chi connectivity index (χ3n) is 1.94. The van der Waals surface area contributed by atoms with Crippen molar-refractivity contribution in [1.29, 1.82) is 0 Å². The molecule has 3 unspecified atom stereocenters. The molecular weight excluding hydrogens is 102 g/mol. The van der Waals surface area contributed by atoms with Crippen molar-refractivity contribution < 1.29 is 4.74 Å². The van der Waals surface area contributed by atoms with Crippen LogP contribution in [0.3, 0.4) is 0 Å². The standard InChI is InChI=1S/C6H11NO/c1-4-2-5-6(8-5)3-7-4/h4-7H,2-3H2,1H3. The van der Waals surface area contributed by atoms with Gasteiger partial charge >= 0.3 is 0 Å². The molecule has 0 aromatic carbocycles. The Hall–Kier alpha value is -0.0800. The third kappa shape index (κ3) is 0.644. The lowest BCUT2D eigenvalue weighted by atomic mass is 10.1. The van der Waals surface area contributed by atoms with Crippen LogP contribution in [0.25, 0.3) is 0 Å². The first kappa shape index (κ1) is 4.77. The van der Waals surface area contributed by atoms with Crippen LogP contribution in [0.5, 0.6) is 0 Å². The summed E-state index contributed by atoms with van der Waals surface area (Å²) in [5.74, 6) is 0. The molecule has 3 atom stereocenters. The minimum Gasteiger partial charge on any atom is -0.368 e. The minimum atomic E-state index is 0.575. The second kappa shape index (κ2) is 1.45. The predicted molar refractivity (Wildman–Crippen MR) is 30.7 cm³/mol. The van der Waals surface area contributed by atoms with E-state index in [1.54, 1.807) is 0 Å². The average Bonchev–Trinajstić information content (AvgIpc) is 2.43. The van der Waals surface area contributed by atoms with Gasteiger partial charge in [0, 0.05) is 12.6 Å². The molecule has 2 heterocycles. The van der Waals surface area contributed by atoms with Crippen LogP contribution in [-0.2, 0) is 4.74 Å². The van der Waals surface area contributed by atoms with Gasteiger partial charge in [-0.2, -0.15) is 0 Å². The third-order valence-corrected chi connectivity index (χ3v) is 1.94. The van der Waals surface area contributed by atoms with Gasteiger partial charge in [-0.15, -0.1) is 0 Å². The van der Waals surface area contributed by atoms with Crippen molar-refractivity contribution >= 4 is 0 Å². The van der Waals surface area contributed by atoms with Gasteiger partial charge in [-0.3, -0.25) is 0 Å². The van der Waals surface area contributed by atoms with Crippen LogP contribution in [0.1, 0.15) is 13.3 Å². The quantitative estimate of drug-likeness (QED) is 0.452. The molecule has 2 heteroatoms. The second-order valence-corrected chi connectivity index (χ2v) is 2.76. The van der Waals surface area contributed by atoms with Crippen molar-refractivity contribution in [3.05, 3.63) is 0 Å². The van der Waals surface area contributed by atoms with E-state index in [1.807, 2.05) is 0 Å². The molecule has 0 aliphatic carbocycles. The van der Waals surface area contributed by atoms with Crippen molar-refractivity contribution in [3.63, 3.8) is 0 Å². The van der Waals surface area contributed by atoms with E-state index in [1.165, 1.54) is 6.42 Å². The van der Waals surface area contributed by atoms with E-state index >= 15 is 0 Å². The first-order valence-electron chi connectivity index (χ1n) is 3.25. The number of hydrogen-bond donors (Lipinski definition) is 1. The molecule has 1 N–H and O–H groups in total. The zero-order chi connectivity index (χ0) is 5.56. The van der Waals surface area contributed by atoms with E-state index in [0.29, 0.717) is 18.2 Å². The number of fused-ring (bicyclic) bond motifs is 1. The molecule has 0 spiro atoms. The Labute approximate surface area is 49.2 Å². The Morgan fingerprint density at radius 2 is 2.38 bits per heavy atom. The van der Waals surface area contributed by atoms with Crippen LogP contribution in [0.4, 0.5) is 0 Å². The summed E-state index contributed by atoms with van der Waals surface area (Å²) >= 11 is 0. The maximum atomic E-state index is 5.29. The lowest BCUT2D eigenvalue weighted by Gasteiger charge is -2.14. The Morgan fingerprint density at radius 3 is 3.00 bits per heavy atom. The first-order valence-corrected chi connectivity index (χ1v) is 3.25. The molecule has 2 nitrogen and oxygen atoms in total. The fourth-order valence-electron chi connectivity index (χ4n) is 1.32. The molecule has 0 saturated carbocycles. The maximum Gasteiger partial charge on any atom is 0.0966 e. The molecular formula is C6H11NO. The minimum absolute atomic E-state index is 0.575. The van der Waals surface area contributed by atoms with Gasteiger partial charge in [0.05, 0.1) is 12.2 Å². The summed E-state index contributed by atoms with van der Waals surface area (Å²) in [7, 11) is 0. The van der Waals surface area contributed by atoms with E-state index in [9.17, 15) is 0 Å². The van der Waals surface area contributed by atoms with Gasteiger partial charge in [-0.1, -0.05) is 0 Å². The molecule has 2 aliphatic rings. The van der Waals surface area contributed by atoms with Crippen LogP contribution < -0.4 is 5.32 Å². The fourth-order valence-corrected chi connectivity index (χ4v) is 1.32. The highest BCUT2D eigenvalue weighted by atomic mass is 16.6. The molecule has 0 aromatic rings. The topological polar surface area (TPSA) is 24.6 Å². The molecule has 0 aromatic heterocycles. The molecule has 0 bridgehead atoms. The van der Waals surface area contributed by atoms with Crippen LogP contribution in [0.15, 0.2) is 0 Å². The van der Waals surface area contributed by atoms with E-state index < -0.39 is 0 Å². The molecule has 0 radical (unpaired) electrons. The number of nitrogens with one attached hydrogen (secondary N) is 1. The average molecular weight is 113 g/mol. The SMILES string of the molecule is CC1CC2OC2CN1. The van der Waals surface area contributed by atoms with Gasteiger partial charge < -0.3 is 10.1 Å². The Kier molecular flexibility index (Phi) is 0.866.